The molecule has 0 bridgehead atoms. The Morgan fingerprint density at radius 3 is 2.95 bits per heavy atom. The number of halogens is 2. The molecule has 0 amide bonds. The Bertz CT molecular complexity index is 447. The van der Waals surface area contributed by atoms with Gasteiger partial charge in [0.1, 0.15) is 4.49 Å². The van der Waals surface area contributed by atoms with Crippen LogP contribution in [0.4, 0.5) is 0 Å². The molecule has 1 aliphatic rings. The maximum absolute atomic E-state index is 5.80. The van der Waals surface area contributed by atoms with Gasteiger partial charge in [0.15, 0.2) is 6.29 Å². The van der Waals surface area contributed by atoms with E-state index in [9.17, 15) is 0 Å². The van der Waals surface area contributed by atoms with Gasteiger partial charge in [-0.1, -0.05) is 41.4 Å². The van der Waals surface area contributed by atoms with Crippen molar-refractivity contribution in [3.63, 3.8) is 0 Å². The lowest BCUT2D eigenvalue weighted by Gasteiger charge is -2.23. The number of ether oxygens (including phenoxy) is 2. The molecule has 4 heteroatoms. The van der Waals surface area contributed by atoms with E-state index in [2.05, 4.69) is 6.07 Å². The van der Waals surface area contributed by atoms with Crippen LogP contribution in [0.3, 0.4) is 0 Å². The maximum atomic E-state index is 5.80. The van der Waals surface area contributed by atoms with Crippen LogP contribution in [0.25, 0.3) is 6.08 Å². The first kappa shape index (κ1) is 14.9. The lowest BCUT2D eigenvalue weighted by atomic mass is 10.0. The summed E-state index contributed by atoms with van der Waals surface area (Å²) in [5.41, 5.74) is 3.29. The molecule has 1 aliphatic heterocycles. The van der Waals surface area contributed by atoms with Crippen molar-refractivity contribution in [3.8, 4) is 0 Å². The molecule has 0 radical (unpaired) electrons. The highest BCUT2D eigenvalue weighted by molar-refractivity contribution is 6.57. The Labute approximate surface area is 124 Å². The van der Waals surface area contributed by atoms with E-state index in [-0.39, 0.29) is 10.8 Å². The van der Waals surface area contributed by atoms with Gasteiger partial charge in [-0.2, -0.15) is 0 Å². The summed E-state index contributed by atoms with van der Waals surface area (Å²) in [6.45, 7) is 3.40. The fraction of sp³-hybridized carbons (Fsp3) is 0.467. The van der Waals surface area contributed by atoms with Crippen LogP contribution in [-0.2, 0) is 16.1 Å². The zero-order chi connectivity index (χ0) is 13.7. The number of rotatable bonds is 4. The Kier molecular flexibility index (Phi) is 5.71. The third kappa shape index (κ3) is 4.50. The van der Waals surface area contributed by atoms with Crippen LogP contribution in [0.2, 0.25) is 0 Å². The van der Waals surface area contributed by atoms with E-state index in [1.165, 1.54) is 6.42 Å². The van der Waals surface area contributed by atoms with E-state index in [0.717, 1.165) is 36.1 Å². The van der Waals surface area contributed by atoms with Crippen LogP contribution in [0.15, 0.2) is 22.7 Å². The van der Waals surface area contributed by atoms with Gasteiger partial charge in [0.25, 0.3) is 0 Å². The molecule has 2 rings (SSSR count). The molecule has 1 aromatic carbocycles. The predicted octanol–water partition coefficient (Wildman–Crippen LogP) is 4.81. The maximum Gasteiger partial charge on any atom is 0.158 e. The highest BCUT2D eigenvalue weighted by atomic mass is 35.5. The first-order valence-electron chi connectivity index (χ1n) is 6.51. The largest absolute Gasteiger partial charge is 0.353 e. The summed E-state index contributed by atoms with van der Waals surface area (Å²) in [7, 11) is 0. The summed E-state index contributed by atoms with van der Waals surface area (Å²) in [5, 5.41) is 0. The van der Waals surface area contributed by atoms with Crippen molar-refractivity contribution < 1.29 is 9.47 Å². The zero-order valence-corrected chi connectivity index (χ0v) is 12.5. The van der Waals surface area contributed by atoms with Gasteiger partial charge in [0.05, 0.1) is 6.61 Å². The van der Waals surface area contributed by atoms with Crippen LogP contribution in [0.1, 0.15) is 36.0 Å². The second-order valence-corrected chi connectivity index (χ2v) is 5.68. The van der Waals surface area contributed by atoms with Gasteiger partial charge < -0.3 is 9.47 Å². The Morgan fingerprint density at radius 1 is 1.42 bits per heavy atom. The third-order valence-corrected chi connectivity index (χ3v) is 3.53. The van der Waals surface area contributed by atoms with Gasteiger partial charge in [0, 0.05) is 6.61 Å². The van der Waals surface area contributed by atoms with Crippen LogP contribution >= 0.6 is 23.2 Å². The second kappa shape index (κ2) is 7.30. The first-order chi connectivity index (χ1) is 9.16. The smallest absolute Gasteiger partial charge is 0.158 e. The molecule has 0 saturated carbocycles. The Hall–Kier alpha value is -0.540. The zero-order valence-electron chi connectivity index (χ0n) is 11.0. The molecule has 0 aromatic heterocycles. The van der Waals surface area contributed by atoms with Gasteiger partial charge in [-0.05, 0) is 49.0 Å². The molecular formula is C15H18Cl2O2. The molecule has 1 unspecified atom stereocenters. The summed E-state index contributed by atoms with van der Waals surface area (Å²) in [4.78, 5) is 0. The van der Waals surface area contributed by atoms with Crippen LogP contribution < -0.4 is 0 Å². The van der Waals surface area contributed by atoms with Crippen molar-refractivity contribution in [3.05, 3.63) is 39.4 Å². The van der Waals surface area contributed by atoms with Gasteiger partial charge in [-0.15, -0.1) is 0 Å². The standard InChI is InChI=1S/C15H18Cl2O2/c1-11-12(9-14(16)17)5-4-6-13(11)10-19-15-7-2-3-8-18-15/h4-6,9,15H,2-3,7-8,10H2,1H3. The summed E-state index contributed by atoms with van der Waals surface area (Å²) in [6, 6.07) is 6.02. The molecule has 19 heavy (non-hydrogen) atoms. The highest BCUT2D eigenvalue weighted by Gasteiger charge is 2.14. The monoisotopic (exact) mass is 300 g/mol. The molecule has 1 aromatic rings. The molecule has 104 valence electrons. The molecular weight excluding hydrogens is 283 g/mol. The van der Waals surface area contributed by atoms with Gasteiger partial charge in [-0.25, -0.2) is 0 Å². The third-order valence-electron chi connectivity index (χ3n) is 3.32. The van der Waals surface area contributed by atoms with Crippen molar-refractivity contribution in [1.29, 1.82) is 0 Å². The highest BCUT2D eigenvalue weighted by Crippen LogP contribution is 2.22. The fourth-order valence-corrected chi connectivity index (χ4v) is 2.39. The molecule has 1 saturated heterocycles. The molecule has 2 nitrogen and oxygen atoms in total. The minimum absolute atomic E-state index is 0.0658. The van der Waals surface area contributed by atoms with Crippen LogP contribution in [-0.4, -0.2) is 12.9 Å². The average molecular weight is 301 g/mol. The normalized spacial score (nSPS) is 19.2. The lowest BCUT2D eigenvalue weighted by Crippen LogP contribution is -2.22. The Morgan fingerprint density at radius 2 is 2.26 bits per heavy atom. The van der Waals surface area contributed by atoms with E-state index in [0.29, 0.717) is 6.61 Å². The summed E-state index contributed by atoms with van der Waals surface area (Å²) in [5.74, 6) is 0. The van der Waals surface area contributed by atoms with Crippen molar-refractivity contribution in [2.45, 2.75) is 39.1 Å². The fourth-order valence-electron chi connectivity index (χ4n) is 2.16. The van der Waals surface area contributed by atoms with Gasteiger partial charge >= 0.3 is 0 Å². The van der Waals surface area contributed by atoms with Crippen LogP contribution in [0, 0.1) is 6.92 Å². The molecule has 1 fully saturated rings. The molecule has 0 spiro atoms. The van der Waals surface area contributed by atoms with Crippen molar-refractivity contribution in [2.24, 2.45) is 0 Å². The molecule has 0 N–H and O–H groups in total. The second-order valence-electron chi connectivity index (χ2n) is 4.67. The van der Waals surface area contributed by atoms with Crippen LogP contribution in [0.5, 0.6) is 0 Å². The average Bonchev–Trinajstić information content (AvgIpc) is 2.40. The summed E-state index contributed by atoms with van der Waals surface area (Å²) >= 11 is 11.4. The van der Waals surface area contributed by atoms with E-state index in [4.69, 9.17) is 32.7 Å². The number of benzene rings is 1. The topological polar surface area (TPSA) is 18.5 Å². The number of hydrogen-bond donors (Lipinski definition) is 0. The van der Waals surface area contributed by atoms with Gasteiger partial charge in [-0.3, -0.25) is 0 Å². The molecule has 1 atom stereocenters. The lowest BCUT2D eigenvalue weighted by molar-refractivity contribution is -0.169. The van der Waals surface area contributed by atoms with Crippen molar-refractivity contribution >= 4 is 29.3 Å². The minimum atomic E-state index is -0.0658. The van der Waals surface area contributed by atoms with Crippen molar-refractivity contribution in [1.82, 2.24) is 0 Å². The number of hydrogen-bond acceptors (Lipinski definition) is 2. The first-order valence-corrected chi connectivity index (χ1v) is 7.27. The molecule has 1 heterocycles. The van der Waals surface area contributed by atoms with E-state index in [1.54, 1.807) is 6.08 Å². The summed E-state index contributed by atoms with van der Waals surface area (Å²) in [6.07, 6.45) is 4.97. The SMILES string of the molecule is Cc1c(C=C(Cl)Cl)cccc1COC1CCCCO1. The van der Waals surface area contributed by atoms with E-state index >= 15 is 0 Å². The molecule has 0 aliphatic carbocycles. The van der Waals surface area contributed by atoms with E-state index in [1.807, 2.05) is 19.1 Å². The minimum Gasteiger partial charge on any atom is -0.353 e. The van der Waals surface area contributed by atoms with Crippen molar-refractivity contribution in [2.75, 3.05) is 6.61 Å². The van der Waals surface area contributed by atoms with E-state index < -0.39 is 0 Å². The Balaban J connectivity index is 2.01. The predicted molar refractivity (Wildman–Crippen MR) is 79.2 cm³/mol. The quantitative estimate of drug-likeness (QED) is 0.794. The van der Waals surface area contributed by atoms with Gasteiger partial charge in [0.2, 0.25) is 0 Å². The summed E-state index contributed by atoms with van der Waals surface area (Å²) < 4.78 is 11.6.